The molecule has 0 saturated carbocycles. The Morgan fingerprint density at radius 1 is 1.33 bits per heavy atom. The molecule has 0 aromatic heterocycles. The second-order valence-corrected chi connectivity index (χ2v) is 5.02. The van der Waals surface area contributed by atoms with E-state index in [9.17, 15) is 0 Å². The van der Waals surface area contributed by atoms with Gasteiger partial charge >= 0.3 is 0 Å². The maximum absolute atomic E-state index is 4.13. The molecule has 18 heavy (non-hydrogen) atoms. The molecule has 1 unspecified atom stereocenters. The lowest BCUT2D eigenvalue weighted by atomic mass is 9.89. The Hall–Kier alpha value is -1.50. The lowest BCUT2D eigenvalue weighted by molar-refractivity contribution is 0.672. The van der Waals surface area contributed by atoms with Crippen LogP contribution in [0.1, 0.15) is 49.7 Å². The summed E-state index contributed by atoms with van der Waals surface area (Å²) in [5.74, 6) is 0.930. The summed E-state index contributed by atoms with van der Waals surface area (Å²) in [6.07, 6.45) is 4.05. The molecular formula is C17H25N. The standard InChI is InChI=1S/C17H25N/c1-6-7-11-17(14(4)18-5)16-10-8-9-15(12-16)13(2)3/h6,8-10,12-13,17-18H,1,4,7,11H2,2-3,5H3. The van der Waals surface area contributed by atoms with Gasteiger partial charge in [0.05, 0.1) is 0 Å². The predicted octanol–water partition coefficient (Wildman–Crippen LogP) is 4.59. The average molecular weight is 243 g/mol. The maximum atomic E-state index is 4.13. The van der Waals surface area contributed by atoms with Crippen LogP contribution >= 0.6 is 0 Å². The molecule has 0 spiro atoms. The van der Waals surface area contributed by atoms with Crippen molar-refractivity contribution in [2.24, 2.45) is 0 Å². The molecule has 1 aromatic rings. The minimum absolute atomic E-state index is 0.367. The van der Waals surface area contributed by atoms with Gasteiger partial charge in [0, 0.05) is 18.7 Å². The lowest BCUT2D eigenvalue weighted by Gasteiger charge is -2.20. The van der Waals surface area contributed by atoms with E-state index in [4.69, 9.17) is 0 Å². The summed E-state index contributed by atoms with van der Waals surface area (Å²) in [4.78, 5) is 0. The molecule has 0 bridgehead atoms. The van der Waals surface area contributed by atoms with Gasteiger partial charge in [-0.2, -0.15) is 0 Å². The first-order chi connectivity index (χ1) is 8.60. The molecule has 0 radical (unpaired) electrons. The van der Waals surface area contributed by atoms with Crippen molar-refractivity contribution >= 4 is 0 Å². The van der Waals surface area contributed by atoms with Crippen molar-refractivity contribution in [1.82, 2.24) is 5.32 Å². The Labute approximate surface area is 112 Å². The van der Waals surface area contributed by atoms with Crippen LogP contribution in [-0.4, -0.2) is 7.05 Å². The van der Waals surface area contributed by atoms with Crippen LogP contribution in [0.15, 0.2) is 49.2 Å². The second-order valence-electron chi connectivity index (χ2n) is 5.02. The van der Waals surface area contributed by atoms with Crippen LogP contribution in [0.25, 0.3) is 0 Å². The van der Waals surface area contributed by atoms with Crippen LogP contribution in [-0.2, 0) is 0 Å². The molecule has 0 heterocycles. The summed E-state index contributed by atoms with van der Waals surface area (Å²) in [7, 11) is 1.94. The Balaban J connectivity index is 3.00. The Morgan fingerprint density at radius 3 is 2.56 bits per heavy atom. The van der Waals surface area contributed by atoms with Crippen LogP contribution in [0.2, 0.25) is 0 Å². The predicted molar refractivity (Wildman–Crippen MR) is 80.9 cm³/mol. The highest BCUT2D eigenvalue weighted by Crippen LogP contribution is 2.29. The molecule has 0 aliphatic carbocycles. The molecule has 1 rings (SSSR count). The largest absolute Gasteiger partial charge is 0.391 e. The average Bonchev–Trinajstić information content (AvgIpc) is 2.39. The number of benzene rings is 1. The fraction of sp³-hybridized carbons (Fsp3) is 0.412. The zero-order valence-corrected chi connectivity index (χ0v) is 11.9. The Morgan fingerprint density at radius 2 is 2.00 bits per heavy atom. The zero-order valence-electron chi connectivity index (χ0n) is 11.9. The topological polar surface area (TPSA) is 12.0 Å². The SMILES string of the molecule is C=CCCC(C(=C)NC)c1cccc(C(C)C)c1. The number of allylic oxidation sites excluding steroid dienone is 2. The van der Waals surface area contributed by atoms with Gasteiger partial charge in [0.2, 0.25) is 0 Å². The first kappa shape index (κ1) is 14.6. The van der Waals surface area contributed by atoms with Crippen LogP contribution in [0.3, 0.4) is 0 Å². The van der Waals surface area contributed by atoms with E-state index in [1.54, 1.807) is 0 Å². The van der Waals surface area contributed by atoms with Crippen molar-refractivity contribution in [3.8, 4) is 0 Å². The lowest BCUT2D eigenvalue weighted by Crippen LogP contribution is -2.14. The molecule has 98 valence electrons. The van der Waals surface area contributed by atoms with Crippen molar-refractivity contribution in [1.29, 1.82) is 0 Å². The molecule has 0 amide bonds. The highest BCUT2D eigenvalue weighted by atomic mass is 14.8. The summed E-state index contributed by atoms with van der Waals surface area (Å²) in [6.45, 7) is 12.4. The van der Waals surface area contributed by atoms with Gasteiger partial charge < -0.3 is 5.32 Å². The minimum atomic E-state index is 0.367. The fourth-order valence-corrected chi connectivity index (χ4v) is 2.14. The smallest absolute Gasteiger partial charge is 0.0234 e. The van der Waals surface area contributed by atoms with Gasteiger partial charge in [-0.05, 0) is 29.9 Å². The van der Waals surface area contributed by atoms with Crippen molar-refractivity contribution in [3.63, 3.8) is 0 Å². The molecule has 0 aliphatic heterocycles. The van der Waals surface area contributed by atoms with E-state index in [1.807, 2.05) is 13.1 Å². The molecule has 1 nitrogen and oxygen atoms in total. The normalized spacial score (nSPS) is 12.2. The molecule has 1 heteroatoms. The van der Waals surface area contributed by atoms with Gasteiger partial charge in [0.25, 0.3) is 0 Å². The molecule has 0 fully saturated rings. The second kappa shape index (κ2) is 7.05. The molecule has 1 aromatic carbocycles. The number of nitrogens with one attached hydrogen (secondary N) is 1. The number of likely N-dealkylation sites (N-methyl/N-ethyl adjacent to an activating group) is 1. The molecule has 1 N–H and O–H groups in total. The number of rotatable bonds is 7. The summed E-state index contributed by atoms with van der Waals surface area (Å²) in [6, 6.07) is 8.85. The van der Waals surface area contributed by atoms with E-state index < -0.39 is 0 Å². The van der Waals surface area contributed by atoms with Crippen molar-refractivity contribution in [2.75, 3.05) is 7.05 Å². The van der Waals surface area contributed by atoms with Crippen LogP contribution in [0.5, 0.6) is 0 Å². The summed E-state index contributed by atoms with van der Waals surface area (Å²) in [5.41, 5.74) is 3.82. The van der Waals surface area contributed by atoms with E-state index in [0.29, 0.717) is 11.8 Å². The Bertz CT molecular complexity index is 404. The van der Waals surface area contributed by atoms with Crippen LogP contribution in [0.4, 0.5) is 0 Å². The van der Waals surface area contributed by atoms with Gasteiger partial charge in [-0.1, -0.05) is 50.8 Å². The number of hydrogen-bond donors (Lipinski definition) is 1. The monoisotopic (exact) mass is 243 g/mol. The molecule has 0 aliphatic rings. The molecule has 0 saturated heterocycles. The van der Waals surface area contributed by atoms with Gasteiger partial charge in [0.1, 0.15) is 0 Å². The van der Waals surface area contributed by atoms with E-state index in [1.165, 1.54) is 11.1 Å². The quantitative estimate of drug-likeness (QED) is 0.690. The third kappa shape index (κ3) is 3.76. The van der Waals surface area contributed by atoms with Crippen LogP contribution in [0, 0.1) is 0 Å². The van der Waals surface area contributed by atoms with E-state index in [-0.39, 0.29) is 0 Å². The first-order valence-electron chi connectivity index (χ1n) is 6.67. The number of hydrogen-bond acceptors (Lipinski definition) is 1. The molecule has 1 atom stereocenters. The highest BCUT2D eigenvalue weighted by molar-refractivity contribution is 5.32. The summed E-state index contributed by atoms with van der Waals surface area (Å²) >= 11 is 0. The molecular weight excluding hydrogens is 218 g/mol. The third-order valence-corrected chi connectivity index (χ3v) is 3.38. The highest BCUT2D eigenvalue weighted by Gasteiger charge is 2.14. The van der Waals surface area contributed by atoms with E-state index in [2.05, 4.69) is 56.6 Å². The fourth-order valence-electron chi connectivity index (χ4n) is 2.14. The summed E-state index contributed by atoms with van der Waals surface area (Å²) < 4.78 is 0. The van der Waals surface area contributed by atoms with Crippen LogP contribution < -0.4 is 5.32 Å². The van der Waals surface area contributed by atoms with Crippen molar-refractivity contribution < 1.29 is 0 Å². The van der Waals surface area contributed by atoms with Gasteiger partial charge in [-0.15, -0.1) is 6.58 Å². The first-order valence-corrected chi connectivity index (χ1v) is 6.67. The zero-order chi connectivity index (χ0) is 13.5. The van der Waals surface area contributed by atoms with Gasteiger partial charge in [-0.25, -0.2) is 0 Å². The Kier molecular flexibility index (Phi) is 5.70. The minimum Gasteiger partial charge on any atom is -0.391 e. The van der Waals surface area contributed by atoms with E-state index in [0.717, 1.165) is 18.5 Å². The van der Waals surface area contributed by atoms with Gasteiger partial charge in [-0.3, -0.25) is 0 Å². The maximum Gasteiger partial charge on any atom is 0.0234 e. The van der Waals surface area contributed by atoms with Gasteiger partial charge in [0.15, 0.2) is 0 Å². The summed E-state index contributed by atoms with van der Waals surface area (Å²) in [5, 5.41) is 3.19. The van der Waals surface area contributed by atoms with E-state index >= 15 is 0 Å². The van der Waals surface area contributed by atoms with Crippen molar-refractivity contribution in [2.45, 2.75) is 38.5 Å². The van der Waals surface area contributed by atoms with Crippen molar-refractivity contribution in [3.05, 3.63) is 60.3 Å². The third-order valence-electron chi connectivity index (χ3n) is 3.38.